The van der Waals surface area contributed by atoms with E-state index in [1.165, 1.54) is 7.11 Å². The Morgan fingerprint density at radius 2 is 2.04 bits per heavy atom. The van der Waals surface area contributed by atoms with Crippen LogP contribution in [0.1, 0.15) is 30.5 Å². The number of esters is 1. The van der Waals surface area contributed by atoms with Gasteiger partial charge in [-0.25, -0.2) is 18.4 Å². The zero-order chi connectivity index (χ0) is 18.4. The van der Waals surface area contributed by atoms with Gasteiger partial charge in [-0.05, 0) is 12.8 Å². The number of carbonyl (C=O) groups excluding carboxylic acids is 1. The van der Waals surface area contributed by atoms with Crippen LogP contribution in [-0.4, -0.2) is 50.8 Å². The van der Waals surface area contributed by atoms with Gasteiger partial charge in [-0.3, -0.25) is 4.79 Å². The molecule has 0 amide bonds. The predicted octanol–water partition coefficient (Wildman–Crippen LogP) is 1.31. The van der Waals surface area contributed by atoms with Crippen molar-refractivity contribution in [2.45, 2.75) is 36.8 Å². The van der Waals surface area contributed by atoms with Crippen LogP contribution in [0.2, 0.25) is 0 Å². The van der Waals surface area contributed by atoms with E-state index in [0.717, 1.165) is 6.26 Å². The third kappa shape index (κ3) is 3.44. The molecule has 138 valence electrons. The van der Waals surface area contributed by atoms with E-state index in [1.807, 2.05) is 0 Å². The highest BCUT2D eigenvalue weighted by Gasteiger charge is 2.43. The molecule has 1 saturated heterocycles. The van der Waals surface area contributed by atoms with Gasteiger partial charge < -0.3 is 9.64 Å². The molecule has 0 spiro atoms. The molecule has 0 aromatic carbocycles. The second-order valence-electron chi connectivity index (χ2n) is 6.54. The Hall–Kier alpha value is -1.84. The minimum Gasteiger partial charge on any atom is -0.469 e. The van der Waals surface area contributed by atoms with Gasteiger partial charge >= 0.3 is 5.97 Å². The van der Waals surface area contributed by atoms with Gasteiger partial charge in [-0.2, -0.15) is 8.78 Å². The molecule has 1 aromatic heterocycles. The van der Waals surface area contributed by atoms with Crippen molar-refractivity contribution in [2.75, 3.05) is 31.4 Å². The second kappa shape index (κ2) is 6.15. The molecule has 1 aliphatic carbocycles. The maximum absolute atomic E-state index is 14.3. The van der Waals surface area contributed by atoms with Crippen molar-refractivity contribution >= 4 is 21.6 Å². The lowest BCUT2D eigenvalue weighted by Gasteiger charge is -2.41. The summed E-state index contributed by atoms with van der Waals surface area (Å²) in [4.78, 5) is 20.8. The Balaban J connectivity index is 1.96. The van der Waals surface area contributed by atoms with Crippen molar-refractivity contribution in [1.82, 2.24) is 9.97 Å². The second-order valence-corrected chi connectivity index (χ2v) is 8.45. The number of ether oxygens (including phenoxy) is 1. The number of nitrogens with zero attached hydrogens (tertiary/aromatic N) is 3. The van der Waals surface area contributed by atoms with Crippen LogP contribution >= 0.6 is 0 Å². The summed E-state index contributed by atoms with van der Waals surface area (Å²) < 4.78 is 56.8. The Labute approximate surface area is 144 Å². The molecule has 1 aromatic rings. The third-order valence-electron chi connectivity index (χ3n) is 4.50. The van der Waals surface area contributed by atoms with Gasteiger partial charge in [0.15, 0.2) is 0 Å². The van der Waals surface area contributed by atoms with E-state index in [9.17, 15) is 22.0 Å². The summed E-state index contributed by atoms with van der Waals surface area (Å²) in [7, 11) is -2.51. The minimum atomic E-state index is -3.82. The van der Waals surface area contributed by atoms with E-state index in [1.54, 1.807) is 4.90 Å². The minimum absolute atomic E-state index is 0.0313. The van der Waals surface area contributed by atoms with Gasteiger partial charge in [0.25, 0.3) is 5.92 Å². The first-order chi connectivity index (χ1) is 11.6. The Morgan fingerprint density at radius 1 is 1.36 bits per heavy atom. The summed E-state index contributed by atoms with van der Waals surface area (Å²) >= 11 is 0. The number of methoxy groups -OCH3 is 1. The molecule has 0 atom stereocenters. The van der Waals surface area contributed by atoms with E-state index in [-0.39, 0.29) is 37.0 Å². The van der Waals surface area contributed by atoms with Crippen LogP contribution < -0.4 is 4.90 Å². The van der Waals surface area contributed by atoms with Gasteiger partial charge in [0.05, 0.1) is 13.5 Å². The first kappa shape index (κ1) is 18.0. The van der Waals surface area contributed by atoms with Gasteiger partial charge in [-0.1, -0.05) is 0 Å². The summed E-state index contributed by atoms with van der Waals surface area (Å²) in [6, 6.07) is 0. The van der Waals surface area contributed by atoms with E-state index in [2.05, 4.69) is 14.7 Å². The molecule has 2 aliphatic rings. The van der Waals surface area contributed by atoms with Crippen LogP contribution in [0.4, 0.5) is 14.6 Å². The number of hydrogen-bond donors (Lipinski definition) is 0. The van der Waals surface area contributed by atoms with Crippen LogP contribution in [0.3, 0.4) is 0 Å². The SMILES string of the molecule is COC(=O)CC1CN(c2nc(S(C)(=O)=O)nc3c2CCCC3(F)F)C1. The summed E-state index contributed by atoms with van der Waals surface area (Å²) in [6.07, 6.45) is 1.44. The molecule has 3 rings (SSSR count). The molecular weight excluding hydrogens is 356 g/mol. The lowest BCUT2D eigenvalue weighted by atomic mass is 9.90. The fourth-order valence-electron chi connectivity index (χ4n) is 3.21. The molecule has 10 heteroatoms. The molecule has 2 heterocycles. The van der Waals surface area contributed by atoms with Crippen LogP contribution in [0.15, 0.2) is 5.16 Å². The van der Waals surface area contributed by atoms with Crippen LogP contribution in [0.5, 0.6) is 0 Å². The van der Waals surface area contributed by atoms with Crippen molar-refractivity contribution in [3.8, 4) is 0 Å². The molecule has 1 fully saturated rings. The van der Waals surface area contributed by atoms with E-state index >= 15 is 0 Å². The topological polar surface area (TPSA) is 89.5 Å². The molecule has 7 nitrogen and oxygen atoms in total. The normalized spacial score (nSPS) is 19.9. The van der Waals surface area contributed by atoms with E-state index < -0.39 is 26.6 Å². The summed E-state index contributed by atoms with van der Waals surface area (Å²) in [5.74, 6) is -3.23. The Kier molecular flexibility index (Phi) is 4.42. The standard InChI is InChI=1S/C15H19F2N3O4S/c1-24-11(21)6-9-7-20(8-9)13-10-4-3-5-15(16,17)12(10)18-14(19-13)25(2,22)23/h9H,3-8H2,1-2H3. The van der Waals surface area contributed by atoms with Gasteiger partial charge in [0.2, 0.25) is 15.0 Å². The fourth-order valence-corrected chi connectivity index (χ4v) is 3.72. The van der Waals surface area contributed by atoms with Crippen molar-refractivity contribution in [3.05, 3.63) is 11.3 Å². The zero-order valence-corrected chi connectivity index (χ0v) is 14.8. The van der Waals surface area contributed by atoms with Crippen LogP contribution in [0, 0.1) is 5.92 Å². The quantitative estimate of drug-likeness (QED) is 0.579. The van der Waals surface area contributed by atoms with Gasteiger partial charge in [0, 0.05) is 37.2 Å². The van der Waals surface area contributed by atoms with Crippen molar-refractivity contribution in [2.24, 2.45) is 5.92 Å². The molecule has 0 saturated carbocycles. The highest BCUT2D eigenvalue weighted by Crippen LogP contribution is 2.43. The average molecular weight is 375 g/mol. The van der Waals surface area contributed by atoms with E-state index in [0.29, 0.717) is 25.1 Å². The number of sulfone groups is 1. The number of rotatable bonds is 4. The monoisotopic (exact) mass is 375 g/mol. The van der Waals surface area contributed by atoms with Gasteiger partial charge in [0.1, 0.15) is 11.5 Å². The molecule has 25 heavy (non-hydrogen) atoms. The first-order valence-corrected chi connectivity index (χ1v) is 9.82. The maximum atomic E-state index is 14.3. The number of aromatic nitrogens is 2. The summed E-state index contributed by atoms with van der Waals surface area (Å²) in [6.45, 7) is 0.876. The van der Waals surface area contributed by atoms with Crippen molar-refractivity contribution in [1.29, 1.82) is 0 Å². The molecule has 0 bridgehead atoms. The zero-order valence-electron chi connectivity index (χ0n) is 14.0. The number of alkyl halides is 2. The predicted molar refractivity (Wildman–Crippen MR) is 84.3 cm³/mol. The lowest BCUT2D eigenvalue weighted by molar-refractivity contribution is -0.141. The maximum Gasteiger partial charge on any atom is 0.305 e. The number of anilines is 1. The first-order valence-electron chi connectivity index (χ1n) is 7.93. The van der Waals surface area contributed by atoms with E-state index in [4.69, 9.17) is 0 Å². The summed E-state index contributed by atoms with van der Waals surface area (Å²) in [5.41, 5.74) is -0.180. The third-order valence-corrected chi connectivity index (χ3v) is 5.35. The number of fused-ring (bicyclic) bond motifs is 1. The van der Waals surface area contributed by atoms with Crippen LogP contribution in [-0.2, 0) is 31.7 Å². The number of carbonyl (C=O) groups is 1. The largest absolute Gasteiger partial charge is 0.469 e. The summed E-state index contributed by atoms with van der Waals surface area (Å²) in [5, 5.41) is -0.584. The molecule has 0 unspecified atom stereocenters. The van der Waals surface area contributed by atoms with Crippen LogP contribution in [0.25, 0.3) is 0 Å². The van der Waals surface area contributed by atoms with Gasteiger partial charge in [-0.15, -0.1) is 0 Å². The molecule has 0 radical (unpaired) electrons. The average Bonchev–Trinajstić information content (AvgIpc) is 2.48. The molecule has 1 aliphatic heterocycles. The van der Waals surface area contributed by atoms with Crippen molar-refractivity contribution < 1.29 is 26.7 Å². The Bertz CT molecular complexity index is 807. The smallest absolute Gasteiger partial charge is 0.305 e. The highest BCUT2D eigenvalue weighted by atomic mass is 32.2. The Morgan fingerprint density at radius 3 is 2.64 bits per heavy atom. The fraction of sp³-hybridized carbons (Fsp3) is 0.667. The highest BCUT2D eigenvalue weighted by molar-refractivity contribution is 7.90. The number of halogens is 2. The lowest BCUT2D eigenvalue weighted by Crippen LogP contribution is -2.49. The number of hydrogen-bond acceptors (Lipinski definition) is 7. The molecule has 0 N–H and O–H groups in total. The van der Waals surface area contributed by atoms with Crippen molar-refractivity contribution in [3.63, 3.8) is 0 Å². The molecular formula is C15H19F2N3O4S.